The van der Waals surface area contributed by atoms with Gasteiger partial charge in [0.1, 0.15) is 11.6 Å². The number of para-hydroxylation sites is 2. The fourth-order valence-electron chi connectivity index (χ4n) is 2.62. The van der Waals surface area contributed by atoms with Gasteiger partial charge in [-0.1, -0.05) is 23.9 Å². The van der Waals surface area contributed by atoms with Crippen LogP contribution < -0.4 is 0 Å². The highest BCUT2D eigenvalue weighted by atomic mass is 32.2. The first kappa shape index (κ1) is 16.3. The topological polar surface area (TPSA) is 71.8 Å². The minimum Gasteiger partial charge on any atom is -0.338 e. The number of hydrogen-bond donors (Lipinski definition) is 1. The summed E-state index contributed by atoms with van der Waals surface area (Å²) in [5.41, 5.74) is 2.26. The first-order valence-corrected chi connectivity index (χ1v) is 8.59. The van der Waals surface area contributed by atoms with Gasteiger partial charge in [-0.2, -0.15) is 0 Å². The quantitative estimate of drug-likeness (QED) is 0.387. The molecule has 1 heterocycles. The Kier molecular flexibility index (Phi) is 4.14. The van der Waals surface area contributed by atoms with Crippen molar-refractivity contribution in [1.29, 1.82) is 0 Å². The van der Waals surface area contributed by atoms with Crippen LogP contribution in [0.25, 0.3) is 22.4 Å². The smallest absolute Gasteiger partial charge is 0.270 e. The number of hydrogen-bond acceptors (Lipinski definition) is 4. The second-order valence-electron chi connectivity index (χ2n) is 5.60. The van der Waals surface area contributed by atoms with Crippen molar-refractivity contribution in [3.63, 3.8) is 0 Å². The lowest BCUT2D eigenvalue weighted by molar-refractivity contribution is -0.384. The number of nitro benzene ring substituents is 1. The van der Waals surface area contributed by atoms with Gasteiger partial charge in [0.25, 0.3) is 5.69 Å². The number of nitro groups is 1. The predicted octanol–water partition coefficient (Wildman–Crippen LogP) is 5.43. The van der Waals surface area contributed by atoms with E-state index in [1.165, 1.54) is 36.0 Å². The van der Waals surface area contributed by atoms with Crippen LogP contribution >= 0.6 is 11.8 Å². The zero-order chi connectivity index (χ0) is 18.1. The molecule has 0 fully saturated rings. The van der Waals surface area contributed by atoms with Crippen LogP contribution in [0.15, 0.2) is 76.5 Å². The molecule has 4 rings (SSSR count). The van der Waals surface area contributed by atoms with E-state index in [-0.39, 0.29) is 11.5 Å². The van der Waals surface area contributed by atoms with Gasteiger partial charge in [0.2, 0.25) is 0 Å². The Labute approximate surface area is 152 Å². The van der Waals surface area contributed by atoms with Gasteiger partial charge in [0, 0.05) is 27.5 Å². The molecule has 7 heteroatoms. The number of non-ortho nitro benzene ring substituents is 1. The van der Waals surface area contributed by atoms with Gasteiger partial charge in [-0.3, -0.25) is 10.1 Å². The Morgan fingerprint density at radius 2 is 1.81 bits per heavy atom. The molecule has 26 heavy (non-hydrogen) atoms. The molecule has 1 aromatic heterocycles. The summed E-state index contributed by atoms with van der Waals surface area (Å²) in [7, 11) is 0. The third kappa shape index (κ3) is 3.16. The van der Waals surface area contributed by atoms with E-state index in [1.54, 1.807) is 18.2 Å². The van der Waals surface area contributed by atoms with Crippen LogP contribution in [-0.4, -0.2) is 14.9 Å². The number of H-pyrrole nitrogens is 1. The van der Waals surface area contributed by atoms with Gasteiger partial charge in [0.05, 0.1) is 16.0 Å². The van der Waals surface area contributed by atoms with E-state index in [9.17, 15) is 14.5 Å². The van der Waals surface area contributed by atoms with Crippen molar-refractivity contribution in [3.05, 3.63) is 82.7 Å². The summed E-state index contributed by atoms with van der Waals surface area (Å²) in [5, 5.41) is 11.2. The average molecular weight is 365 g/mol. The molecule has 0 aliphatic rings. The Balaban J connectivity index is 1.82. The SMILES string of the molecule is O=[N+]([O-])c1ccc(Sc2ccc(F)cc2)c(-c2nc3ccccc3[nH]2)c1. The van der Waals surface area contributed by atoms with E-state index < -0.39 is 4.92 Å². The second-order valence-corrected chi connectivity index (χ2v) is 6.71. The van der Waals surface area contributed by atoms with Crippen LogP contribution in [0.3, 0.4) is 0 Å². The summed E-state index contributed by atoms with van der Waals surface area (Å²) >= 11 is 1.40. The number of aromatic nitrogens is 2. The number of nitrogens with zero attached hydrogens (tertiary/aromatic N) is 2. The summed E-state index contributed by atoms with van der Waals surface area (Å²) in [4.78, 5) is 20.1. The molecule has 0 atom stereocenters. The molecule has 0 aliphatic carbocycles. The Bertz CT molecular complexity index is 1080. The van der Waals surface area contributed by atoms with Gasteiger partial charge in [-0.05, 0) is 42.5 Å². The van der Waals surface area contributed by atoms with Gasteiger partial charge < -0.3 is 4.98 Å². The summed E-state index contributed by atoms with van der Waals surface area (Å²) in [6.07, 6.45) is 0. The fraction of sp³-hybridized carbons (Fsp3) is 0. The fourth-order valence-corrected chi connectivity index (χ4v) is 3.54. The van der Waals surface area contributed by atoms with Crippen LogP contribution in [0.2, 0.25) is 0 Å². The van der Waals surface area contributed by atoms with Gasteiger partial charge in [-0.15, -0.1) is 0 Å². The van der Waals surface area contributed by atoms with Gasteiger partial charge in [-0.25, -0.2) is 9.37 Å². The number of rotatable bonds is 4. The maximum Gasteiger partial charge on any atom is 0.270 e. The van der Waals surface area contributed by atoms with Gasteiger partial charge in [0.15, 0.2) is 0 Å². The Hall–Kier alpha value is -3.19. The highest BCUT2D eigenvalue weighted by Crippen LogP contribution is 2.37. The molecule has 128 valence electrons. The monoisotopic (exact) mass is 365 g/mol. The molecule has 3 aromatic carbocycles. The summed E-state index contributed by atoms with van der Waals surface area (Å²) in [6, 6.07) is 18.3. The number of aromatic amines is 1. The minimum atomic E-state index is -0.432. The Morgan fingerprint density at radius 3 is 2.54 bits per heavy atom. The van der Waals surface area contributed by atoms with Gasteiger partial charge >= 0.3 is 0 Å². The summed E-state index contributed by atoms with van der Waals surface area (Å²) in [5.74, 6) is 0.245. The van der Waals surface area contributed by atoms with Crippen LogP contribution in [0, 0.1) is 15.9 Å². The van der Waals surface area contributed by atoms with Crippen molar-refractivity contribution in [1.82, 2.24) is 9.97 Å². The number of halogens is 1. The molecule has 0 unspecified atom stereocenters. The zero-order valence-electron chi connectivity index (χ0n) is 13.3. The highest BCUT2D eigenvalue weighted by molar-refractivity contribution is 7.99. The van der Waals surface area contributed by atoms with Crippen LogP contribution in [-0.2, 0) is 0 Å². The van der Waals surface area contributed by atoms with Crippen molar-refractivity contribution in [3.8, 4) is 11.4 Å². The summed E-state index contributed by atoms with van der Waals surface area (Å²) in [6.45, 7) is 0. The van der Waals surface area contributed by atoms with Crippen molar-refractivity contribution >= 4 is 28.5 Å². The maximum absolute atomic E-state index is 13.1. The lowest BCUT2D eigenvalue weighted by Gasteiger charge is -2.07. The first-order chi connectivity index (χ1) is 12.6. The molecule has 0 saturated heterocycles. The number of nitrogens with one attached hydrogen (secondary N) is 1. The minimum absolute atomic E-state index is 0.0103. The molecule has 0 aliphatic heterocycles. The number of fused-ring (bicyclic) bond motifs is 1. The lowest BCUT2D eigenvalue weighted by atomic mass is 10.2. The largest absolute Gasteiger partial charge is 0.338 e. The second kappa shape index (κ2) is 6.61. The highest BCUT2D eigenvalue weighted by Gasteiger charge is 2.16. The van der Waals surface area contributed by atoms with Crippen LogP contribution in [0.5, 0.6) is 0 Å². The van der Waals surface area contributed by atoms with Crippen LogP contribution in [0.1, 0.15) is 0 Å². The Morgan fingerprint density at radius 1 is 1.04 bits per heavy atom. The zero-order valence-corrected chi connectivity index (χ0v) is 14.2. The summed E-state index contributed by atoms with van der Waals surface area (Å²) < 4.78 is 13.1. The third-order valence-electron chi connectivity index (χ3n) is 3.86. The van der Waals surface area contributed by atoms with E-state index in [0.717, 1.165) is 20.8 Å². The van der Waals surface area contributed by atoms with Crippen molar-refractivity contribution in [2.45, 2.75) is 9.79 Å². The molecule has 0 saturated carbocycles. The average Bonchev–Trinajstić information content (AvgIpc) is 3.07. The standard InChI is InChI=1S/C19H12FN3O2S/c20-12-5-8-14(9-6-12)26-18-10-7-13(23(24)25)11-15(18)19-21-16-3-1-2-4-17(16)22-19/h1-11H,(H,21,22). The molecular formula is C19H12FN3O2S. The molecule has 0 amide bonds. The molecular weight excluding hydrogens is 353 g/mol. The number of benzene rings is 3. The van der Waals surface area contributed by atoms with E-state index in [1.807, 2.05) is 24.3 Å². The molecule has 5 nitrogen and oxygen atoms in total. The van der Waals surface area contributed by atoms with Crippen LogP contribution in [0.4, 0.5) is 10.1 Å². The predicted molar refractivity (Wildman–Crippen MR) is 98.7 cm³/mol. The molecule has 0 bridgehead atoms. The van der Waals surface area contributed by atoms with E-state index in [0.29, 0.717) is 11.4 Å². The molecule has 0 spiro atoms. The van der Waals surface area contributed by atoms with E-state index in [2.05, 4.69) is 9.97 Å². The molecule has 0 radical (unpaired) electrons. The van der Waals surface area contributed by atoms with E-state index >= 15 is 0 Å². The van der Waals surface area contributed by atoms with Crippen molar-refractivity contribution < 1.29 is 9.31 Å². The van der Waals surface area contributed by atoms with Crippen molar-refractivity contribution in [2.75, 3.05) is 0 Å². The maximum atomic E-state index is 13.1. The normalized spacial score (nSPS) is 11.0. The number of imidazole rings is 1. The van der Waals surface area contributed by atoms with Crippen molar-refractivity contribution in [2.24, 2.45) is 0 Å². The third-order valence-corrected chi connectivity index (χ3v) is 4.94. The molecule has 1 N–H and O–H groups in total. The molecule has 4 aromatic rings. The lowest BCUT2D eigenvalue weighted by Crippen LogP contribution is -1.91. The van der Waals surface area contributed by atoms with E-state index in [4.69, 9.17) is 0 Å². The first-order valence-electron chi connectivity index (χ1n) is 7.77.